The molecular formula is C14H18ClNO4. The quantitative estimate of drug-likeness (QED) is 0.778. The second-order valence-electron chi connectivity index (χ2n) is 4.57. The van der Waals surface area contributed by atoms with Gasteiger partial charge in [-0.3, -0.25) is 4.79 Å². The predicted molar refractivity (Wildman–Crippen MR) is 75.9 cm³/mol. The molecule has 0 bridgehead atoms. The number of hydrogen-bond donors (Lipinski definition) is 0. The van der Waals surface area contributed by atoms with E-state index in [0.29, 0.717) is 43.4 Å². The number of benzene rings is 1. The number of nitrogens with zero attached hydrogens (tertiary/aromatic N) is 1. The Morgan fingerprint density at radius 3 is 2.95 bits per heavy atom. The van der Waals surface area contributed by atoms with E-state index in [-0.39, 0.29) is 11.3 Å². The van der Waals surface area contributed by atoms with Gasteiger partial charge in [-0.15, -0.1) is 11.6 Å². The van der Waals surface area contributed by atoms with Gasteiger partial charge in [-0.2, -0.15) is 0 Å². The van der Waals surface area contributed by atoms with Gasteiger partial charge in [-0.25, -0.2) is 0 Å². The highest BCUT2D eigenvalue weighted by atomic mass is 35.5. The Labute approximate surface area is 123 Å². The highest BCUT2D eigenvalue weighted by Crippen LogP contribution is 2.34. The van der Waals surface area contributed by atoms with Crippen LogP contribution in [-0.2, 0) is 4.74 Å². The molecule has 2 rings (SSSR count). The van der Waals surface area contributed by atoms with Gasteiger partial charge in [0.1, 0.15) is 13.2 Å². The molecule has 20 heavy (non-hydrogen) atoms. The van der Waals surface area contributed by atoms with Crippen molar-refractivity contribution in [2.75, 3.05) is 40.5 Å². The van der Waals surface area contributed by atoms with Crippen molar-refractivity contribution < 1.29 is 19.0 Å². The van der Waals surface area contributed by atoms with Crippen molar-refractivity contribution in [2.45, 2.75) is 5.38 Å². The Morgan fingerprint density at radius 1 is 1.45 bits per heavy atom. The monoisotopic (exact) mass is 299 g/mol. The lowest BCUT2D eigenvalue weighted by molar-refractivity contribution is 0.0771. The topological polar surface area (TPSA) is 48.0 Å². The number of carbonyl (C=O) groups is 1. The second-order valence-corrected chi connectivity index (χ2v) is 5.19. The summed E-state index contributed by atoms with van der Waals surface area (Å²) in [6.45, 7) is 1.74. The van der Waals surface area contributed by atoms with E-state index >= 15 is 0 Å². The summed E-state index contributed by atoms with van der Waals surface area (Å²) in [4.78, 5) is 14.0. The Kier molecular flexibility index (Phi) is 5.09. The minimum Gasteiger partial charge on any atom is -0.486 e. The highest BCUT2D eigenvalue weighted by molar-refractivity contribution is 6.21. The molecule has 0 radical (unpaired) electrons. The number of fused-ring (bicyclic) bond motifs is 1. The van der Waals surface area contributed by atoms with Crippen molar-refractivity contribution in [2.24, 2.45) is 0 Å². The number of halogens is 1. The number of para-hydroxylation sites is 1. The predicted octanol–water partition coefficient (Wildman–Crippen LogP) is 1.78. The van der Waals surface area contributed by atoms with E-state index in [9.17, 15) is 4.79 Å². The van der Waals surface area contributed by atoms with E-state index in [1.165, 1.54) is 0 Å². The third-order valence-corrected chi connectivity index (χ3v) is 3.23. The SMILES string of the molecule is COCC(Cl)CN(C)C(=O)c1cccc2c1OCCO2. The molecule has 1 unspecified atom stereocenters. The summed E-state index contributed by atoms with van der Waals surface area (Å²) in [5, 5.41) is -0.245. The van der Waals surface area contributed by atoms with Crippen molar-refractivity contribution >= 4 is 17.5 Å². The molecule has 1 aromatic carbocycles. The third-order valence-electron chi connectivity index (χ3n) is 2.96. The van der Waals surface area contributed by atoms with E-state index in [1.807, 2.05) is 0 Å². The fourth-order valence-corrected chi connectivity index (χ4v) is 2.39. The summed E-state index contributed by atoms with van der Waals surface area (Å²) in [6.07, 6.45) is 0. The number of carbonyl (C=O) groups excluding carboxylic acids is 1. The van der Waals surface area contributed by atoms with Crippen LogP contribution in [0.5, 0.6) is 11.5 Å². The van der Waals surface area contributed by atoms with E-state index in [0.717, 1.165) is 0 Å². The van der Waals surface area contributed by atoms with Crippen LogP contribution < -0.4 is 9.47 Å². The largest absolute Gasteiger partial charge is 0.486 e. The molecular weight excluding hydrogens is 282 g/mol. The number of hydrogen-bond acceptors (Lipinski definition) is 4. The first-order valence-corrected chi connectivity index (χ1v) is 6.84. The maximum absolute atomic E-state index is 12.4. The van der Waals surface area contributed by atoms with Crippen LogP contribution in [0.3, 0.4) is 0 Å². The smallest absolute Gasteiger partial charge is 0.257 e. The minimum atomic E-state index is -0.245. The number of amides is 1. The van der Waals surface area contributed by atoms with Crippen molar-refractivity contribution in [3.05, 3.63) is 23.8 Å². The van der Waals surface area contributed by atoms with Crippen LogP contribution in [0.2, 0.25) is 0 Å². The minimum absolute atomic E-state index is 0.144. The Balaban J connectivity index is 2.12. The van der Waals surface area contributed by atoms with Crippen molar-refractivity contribution in [3.8, 4) is 11.5 Å². The number of rotatable bonds is 5. The maximum atomic E-state index is 12.4. The van der Waals surface area contributed by atoms with E-state index in [4.69, 9.17) is 25.8 Å². The van der Waals surface area contributed by atoms with E-state index < -0.39 is 0 Å². The van der Waals surface area contributed by atoms with E-state index in [1.54, 1.807) is 37.3 Å². The Hall–Kier alpha value is -1.46. The molecule has 0 aromatic heterocycles. The molecule has 5 nitrogen and oxygen atoms in total. The molecule has 0 fully saturated rings. The van der Waals surface area contributed by atoms with Gasteiger partial charge in [0.15, 0.2) is 11.5 Å². The Morgan fingerprint density at radius 2 is 2.20 bits per heavy atom. The zero-order chi connectivity index (χ0) is 14.5. The Bertz CT molecular complexity index is 480. The van der Waals surface area contributed by atoms with Gasteiger partial charge in [-0.1, -0.05) is 6.07 Å². The average molecular weight is 300 g/mol. The van der Waals surface area contributed by atoms with Crippen LogP contribution in [-0.4, -0.2) is 56.7 Å². The number of alkyl halides is 1. The van der Waals surface area contributed by atoms with E-state index in [2.05, 4.69) is 0 Å². The number of ether oxygens (including phenoxy) is 3. The van der Waals surface area contributed by atoms with Gasteiger partial charge in [-0.05, 0) is 12.1 Å². The van der Waals surface area contributed by atoms with Gasteiger partial charge in [0.2, 0.25) is 0 Å². The molecule has 1 atom stereocenters. The summed E-state index contributed by atoms with van der Waals surface area (Å²) in [5.74, 6) is 0.970. The van der Waals surface area contributed by atoms with Gasteiger partial charge >= 0.3 is 0 Å². The average Bonchev–Trinajstić information content (AvgIpc) is 2.46. The lowest BCUT2D eigenvalue weighted by Crippen LogP contribution is -2.34. The van der Waals surface area contributed by atoms with Gasteiger partial charge in [0.05, 0.1) is 17.5 Å². The van der Waals surface area contributed by atoms with Crippen molar-refractivity contribution in [1.29, 1.82) is 0 Å². The first kappa shape index (κ1) is 14.9. The van der Waals surface area contributed by atoms with Crippen LogP contribution in [0.1, 0.15) is 10.4 Å². The molecule has 1 heterocycles. The molecule has 1 aromatic rings. The number of methoxy groups -OCH3 is 1. The first-order valence-electron chi connectivity index (χ1n) is 6.40. The van der Waals surface area contributed by atoms with Gasteiger partial charge < -0.3 is 19.1 Å². The molecule has 0 N–H and O–H groups in total. The van der Waals surface area contributed by atoms with Crippen LogP contribution in [0.4, 0.5) is 0 Å². The zero-order valence-electron chi connectivity index (χ0n) is 11.6. The van der Waals surface area contributed by atoms with Gasteiger partial charge in [0.25, 0.3) is 5.91 Å². The zero-order valence-corrected chi connectivity index (χ0v) is 12.4. The molecule has 1 aliphatic rings. The summed E-state index contributed by atoms with van der Waals surface area (Å²) in [6, 6.07) is 5.30. The van der Waals surface area contributed by atoms with Crippen LogP contribution >= 0.6 is 11.6 Å². The second kappa shape index (κ2) is 6.81. The van der Waals surface area contributed by atoms with Crippen molar-refractivity contribution in [1.82, 2.24) is 4.90 Å². The summed E-state index contributed by atoms with van der Waals surface area (Å²) in [5.41, 5.74) is 0.492. The fourth-order valence-electron chi connectivity index (χ4n) is 2.06. The summed E-state index contributed by atoms with van der Waals surface area (Å²) < 4.78 is 16.0. The molecule has 110 valence electrons. The molecule has 1 aliphatic heterocycles. The highest BCUT2D eigenvalue weighted by Gasteiger charge is 2.23. The van der Waals surface area contributed by atoms with Gasteiger partial charge in [0, 0.05) is 20.7 Å². The maximum Gasteiger partial charge on any atom is 0.257 e. The van der Waals surface area contributed by atoms with Crippen LogP contribution in [0.25, 0.3) is 0 Å². The first-order chi connectivity index (χ1) is 9.63. The van der Waals surface area contributed by atoms with Crippen molar-refractivity contribution in [3.63, 3.8) is 0 Å². The van der Waals surface area contributed by atoms with Crippen LogP contribution in [0, 0.1) is 0 Å². The summed E-state index contributed by atoms with van der Waals surface area (Å²) >= 11 is 6.08. The molecule has 0 spiro atoms. The lowest BCUT2D eigenvalue weighted by atomic mass is 10.1. The molecule has 0 saturated heterocycles. The molecule has 0 aliphatic carbocycles. The third kappa shape index (κ3) is 3.35. The standard InChI is InChI=1S/C14H18ClNO4/c1-16(8-10(15)9-18-2)14(17)11-4-3-5-12-13(11)20-7-6-19-12/h3-5,10H,6-9H2,1-2H3. The molecule has 0 saturated carbocycles. The van der Waals surface area contributed by atoms with Crippen LogP contribution in [0.15, 0.2) is 18.2 Å². The lowest BCUT2D eigenvalue weighted by Gasteiger charge is -2.24. The fraction of sp³-hybridized carbons (Fsp3) is 0.500. The molecule has 1 amide bonds. The normalized spacial score (nSPS) is 14.8. The summed E-state index contributed by atoms with van der Waals surface area (Å²) in [7, 11) is 3.28. The molecule has 6 heteroatoms.